The Morgan fingerprint density at radius 3 is 2.71 bits per heavy atom. The maximum atomic E-state index is 13.4. The number of benzene rings is 2. The molecule has 0 radical (unpaired) electrons. The molecule has 1 aliphatic rings. The van der Waals surface area contributed by atoms with Gasteiger partial charge in [-0.15, -0.1) is 0 Å². The van der Waals surface area contributed by atoms with Crippen molar-refractivity contribution in [2.75, 3.05) is 0 Å². The van der Waals surface area contributed by atoms with Crippen LogP contribution in [0.25, 0.3) is 39.1 Å². The number of pyridine rings is 2. The molecule has 2 aromatic carbocycles. The van der Waals surface area contributed by atoms with Crippen LogP contribution in [0.5, 0.6) is 0 Å². The highest BCUT2D eigenvalue weighted by Crippen LogP contribution is 2.47. The Kier molecular flexibility index (Phi) is 3.96. The molecule has 0 saturated carbocycles. The van der Waals surface area contributed by atoms with Crippen molar-refractivity contribution in [3.63, 3.8) is 0 Å². The number of H-pyrrole nitrogens is 1. The Morgan fingerprint density at radius 1 is 0.912 bits per heavy atom. The van der Waals surface area contributed by atoms with Crippen LogP contribution in [0.1, 0.15) is 27.5 Å². The van der Waals surface area contributed by atoms with Crippen LogP contribution in [0.2, 0.25) is 0 Å². The molecule has 2 N–H and O–H groups in total. The number of nitrogens with one attached hydrogen (secondary N) is 2. The number of carbonyl (C=O) groups is 1. The second-order valence-electron chi connectivity index (χ2n) is 8.45. The third kappa shape index (κ3) is 2.72. The highest BCUT2D eigenvalue weighted by atomic mass is 16.1. The first-order chi connectivity index (χ1) is 16.8. The summed E-state index contributed by atoms with van der Waals surface area (Å²) < 4.78 is 2.03. The first kappa shape index (κ1) is 18.8. The van der Waals surface area contributed by atoms with Crippen molar-refractivity contribution in [1.29, 1.82) is 0 Å². The normalized spacial score (nSPS) is 14.3. The maximum absolute atomic E-state index is 13.4. The van der Waals surface area contributed by atoms with Crippen LogP contribution >= 0.6 is 0 Å². The lowest BCUT2D eigenvalue weighted by Gasteiger charge is -2.16. The lowest BCUT2D eigenvalue weighted by Crippen LogP contribution is -2.28. The van der Waals surface area contributed by atoms with Crippen molar-refractivity contribution >= 4 is 22.6 Å². The number of hydrogen-bond acceptors (Lipinski definition) is 3. The zero-order valence-electron chi connectivity index (χ0n) is 18.1. The van der Waals surface area contributed by atoms with Crippen LogP contribution in [0, 0.1) is 0 Å². The maximum Gasteiger partial charge on any atom is 0.252 e. The molecule has 1 unspecified atom stereocenters. The fourth-order valence-corrected chi connectivity index (χ4v) is 5.06. The van der Waals surface area contributed by atoms with Gasteiger partial charge in [-0.1, -0.05) is 48.5 Å². The summed E-state index contributed by atoms with van der Waals surface area (Å²) in [6.07, 6.45) is 7.52. The van der Waals surface area contributed by atoms with E-state index in [0.29, 0.717) is 11.2 Å². The van der Waals surface area contributed by atoms with Crippen LogP contribution in [-0.4, -0.2) is 25.3 Å². The largest absolute Gasteiger partial charge is 0.346 e. The van der Waals surface area contributed by atoms with E-state index in [2.05, 4.69) is 45.7 Å². The van der Waals surface area contributed by atoms with Crippen LogP contribution in [0.3, 0.4) is 0 Å². The Hall–Kier alpha value is -4.71. The van der Waals surface area contributed by atoms with Crippen molar-refractivity contribution in [2.45, 2.75) is 6.04 Å². The molecular weight excluding hydrogens is 422 g/mol. The molecule has 6 heteroatoms. The lowest BCUT2D eigenvalue weighted by molar-refractivity contribution is 0.0945. The van der Waals surface area contributed by atoms with Gasteiger partial charge in [0.05, 0.1) is 17.3 Å². The van der Waals surface area contributed by atoms with E-state index < -0.39 is 0 Å². The van der Waals surface area contributed by atoms with Gasteiger partial charge in [-0.3, -0.25) is 4.79 Å². The number of aromatic nitrogens is 4. The van der Waals surface area contributed by atoms with Crippen molar-refractivity contribution < 1.29 is 4.79 Å². The Morgan fingerprint density at radius 2 is 1.76 bits per heavy atom. The zero-order valence-corrected chi connectivity index (χ0v) is 18.1. The van der Waals surface area contributed by atoms with Crippen LogP contribution in [-0.2, 0) is 0 Å². The summed E-state index contributed by atoms with van der Waals surface area (Å²) >= 11 is 0. The number of fused-ring (bicyclic) bond motifs is 5. The van der Waals surface area contributed by atoms with Crippen LogP contribution in [0.15, 0.2) is 97.6 Å². The van der Waals surface area contributed by atoms with E-state index in [9.17, 15) is 4.79 Å². The van der Waals surface area contributed by atoms with E-state index in [4.69, 9.17) is 4.98 Å². The molecule has 6 aromatic rings. The van der Waals surface area contributed by atoms with Gasteiger partial charge >= 0.3 is 0 Å². The third-order valence-electron chi connectivity index (χ3n) is 6.57. The molecule has 1 atom stereocenters. The Labute approximate surface area is 194 Å². The number of hydrogen-bond donors (Lipinski definition) is 2. The van der Waals surface area contributed by atoms with Crippen molar-refractivity contribution in [1.82, 2.24) is 24.7 Å². The quantitative estimate of drug-likeness (QED) is 0.387. The summed E-state index contributed by atoms with van der Waals surface area (Å²) in [6, 6.07) is 23.9. The minimum atomic E-state index is -0.252. The van der Waals surface area contributed by atoms with Gasteiger partial charge < -0.3 is 14.7 Å². The zero-order chi connectivity index (χ0) is 22.6. The summed E-state index contributed by atoms with van der Waals surface area (Å²) in [7, 11) is 0. The average Bonchev–Trinajstić information content (AvgIpc) is 3.60. The molecule has 162 valence electrons. The van der Waals surface area contributed by atoms with Gasteiger partial charge in [0.15, 0.2) is 0 Å². The first-order valence-corrected chi connectivity index (χ1v) is 11.2. The van der Waals surface area contributed by atoms with Gasteiger partial charge in [0.1, 0.15) is 11.3 Å². The van der Waals surface area contributed by atoms with Crippen molar-refractivity contribution in [3.05, 3.63) is 114 Å². The summed E-state index contributed by atoms with van der Waals surface area (Å²) in [5.74, 6) is -0.127. The Balaban J connectivity index is 1.36. The number of imidazole rings is 1. The highest BCUT2D eigenvalue weighted by molar-refractivity contribution is 6.06. The van der Waals surface area contributed by atoms with Crippen molar-refractivity contribution in [2.24, 2.45) is 0 Å². The van der Waals surface area contributed by atoms with Gasteiger partial charge in [0, 0.05) is 35.7 Å². The molecule has 1 amide bonds. The number of nitrogens with zero attached hydrogens (tertiary/aromatic N) is 3. The number of rotatable bonds is 3. The molecule has 34 heavy (non-hydrogen) atoms. The standard InChI is InChI=1S/C28H19N5O/c34-28(20-12-14-30-27-19(20)11-13-29-27)32-26-18-7-2-1-6-17(18)25-21(8-5-9-22(25)26)23-16-33-15-4-3-10-24(33)31-23/h1-16,26H,(H,29,30)(H,32,34). The molecule has 0 fully saturated rings. The van der Waals surface area contributed by atoms with Gasteiger partial charge in [0.2, 0.25) is 0 Å². The molecule has 7 rings (SSSR count). The minimum Gasteiger partial charge on any atom is -0.346 e. The van der Waals surface area contributed by atoms with Gasteiger partial charge in [0.25, 0.3) is 5.91 Å². The molecule has 0 spiro atoms. The van der Waals surface area contributed by atoms with Crippen LogP contribution in [0.4, 0.5) is 0 Å². The minimum absolute atomic E-state index is 0.127. The van der Waals surface area contributed by atoms with E-state index >= 15 is 0 Å². The van der Waals surface area contributed by atoms with E-state index in [1.165, 1.54) is 0 Å². The summed E-state index contributed by atoms with van der Waals surface area (Å²) in [5.41, 5.74) is 8.58. The summed E-state index contributed by atoms with van der Waals surface area (Å²) in [6.45, 7) is 0. The third-order valence-corrected chi connectivity index (χ3v) is 6.57. The molecular formula is C28H19N5O. The molecule has 0 saturated heterocycles. The smallest absolute Gasteiger partial charge is 0.252 e. The summed E-state index contributed by atoms with van der Waals surface area (Å²) in [4.78, 5) is 25.7. The summed E-state index contributed by atoms with van der Waals surface area (Å²) in [5, 5.41) is 4.10. The Bertz CT molecular complexity index is 1690. The predicted octanol–water partition coefficient (Wildman–Crippen LogP) is 5.38. The number of amides is 1. The fourth-order valence-electron chi connectivity index (χ4n) is 5.06. The van der Waals surface area contributed by atoms with E-state index in [1.54, 1.807) is 18.5 Å². The monoisotopic (exact) mass is 441 g/mol. The number of carbonyl (C=O) groups excluding carboxylic acids is 1. The van der Waals surface area contributed by atoms with Gasteiger partial charge in [-0.2, -0.15) is 0 Å². The molecule has 6 nitrogen and oxygen atoms in total. The second kappa shape index (κ2) is 7.15. The number of aromatic amines is 1. The van der Waals surface area contributed by atoms with E-state index in [0.717, 1.165) is 44.5 Å². The SMILES string of the molecule is O=C(NC1c2ccccc2-c2c(-c3cn4ccccc4n3)cccc21)c1ccnc2[nH]ccc12. The molecule has 4 heterocycles. The molecule has 1 aliphatic carbocycles. The average molecular weight is 441 g/mol. The lowest BCUT2D eigenvalue weighted by atomic mass is 9.97. The first-order valence-electron chi connectivity index (χ1n) is 11.2. The molecule has 0 bridgehead atoms. The van der Waals surface area contributed by atoms with Gasteiger partial charge in [-0.05, 0) is 46.5 Å². The molecule has 0 aliphatic heterocycles. The van der Waals surface area contributed by atoms with Crippen molar-refractivity contribution in [3.8, 4) is 22.4 Å². The van der Waals surface area contributed by atoms with Gasteiger partial charge in [-0.25, -0.2) is 9.97 Å². The topological polar surface area (TPSA) is 75.1 Å². The van der Waals surface area contributed by atoms with E-state index in [1.807, 2.05) is 53.1 Å². The van der Waals surface area contributed by atoms with Crippen LogP contribution < -0.4 is 5.32 Å². The fraction of sp³-hybridized carbons (Fsp3) is 0.0357. The predicted molar refractivity (Wildman–Crippen MR) is 131 cm³/mol. The highest BCUT2D eigenvalue weighted by Gasteiger charge is 2.32. The molecule has 4 aromatic heterocycles. The second-order valence-corrected chi connectivity index (χ2v) is 8.45. The van der Waals surface area contributed by atoms with E-state index in [-0.39, 0.29) is 11.9 Å².